The van der Waals surface area contributed by atoms with Gasteiger partial charge in [-0.3, -0.25) is 4.79 Å². The van der Waals surface area contributed by atoms with Crippen LogP contribution >= 0.6 is 11.8 Å². The van der Waals surface area contributed by atoms with Crippen LogP contribution < -0.4 is 5.73 Å². The maximum atomic E-state index is 10.6. The molecule has 0 radical (unpaired) electrons. The Labute approximate surface area is 100 Å². The maximum Gasteiger partial charge on any atom is 0.320 e. The van der Waals surface area contributed by atoms with Crippen LogP contribution in [0.15, 0.2) is 29.2 Å². The summed E-state index contributed by atoms with van der Waals surface area (Å²) in [5.74, 6) is -0.958. The van der Waals surface area contributed by atoms with Crippen molar-refractivity contribution in [3.63, 3.8) is 0 Å². The number of carbonyl (C=O) groups is 1. The Balaban J connectivity index is 2.61. The Morgan fingerprint density at radius 1 is 1.38 bits per heavy atom. The Kier molecular flexibility index (Phi) is 4.83. The van der Waals surface area contributed by atoms with Crippen molar-refractivity contribution in [2.75, 3.05) is 0 Å². The Morgan fingerprint density at radius 3 is 2.38 bits per heavy atom. The van der Waals surface area contributed by atoms with Crippen molar-refractivity contribution in [3.8, 4) is 0 Å². The van der Waals surface area contributed by atoms with Gasteiger partial charge in [0.15, 0.2) is 0 Å². The lowest BCUT2D eigenvalue weighted by Gasteiger charge is -2.08. The molecular weight excluding hydrogens is 222 g/mol. The van der Waals surface area contributed by atoms with E-state index < -0.39 is 12.0 Å². The third-order valence-electron chi connectivity index (χ3n) is 2.07. The molecule has 0 saturated carbocycles. The summed E-state index contributed by atoms with van der Waals surface area (Å²) >= 11 is 1.78. The van der Waals surface area contributed by atoms with Crippen molar-refractivity contribution >= 4 is 17.7 Å². The zero-order valence-electron chi connectivity index (χ0n) is 9.51. The number of carboxylic acids is 1. The molecule has 0 aromatic heterocycles. The lowest BCUT2D eigenvalue weighted by Crippen LogP contribution is -2.32. The monoisotopic (exact) mass is 239 g/mol. The van der Waals surface area contributed by atoms with Gasteiger partial charge in [-0.15, -0.1) is 11.8 Å². The summed E-state index contributed by atoms with van der Waals surface area (Å²) in [7, 11) is 0. The van der Waals surface area contributed by atoms with Crippen LogP contribution in [0.3, 0.4) is 0 Å². The first-order valence-electron chi connectivity index (χ1n) is 5.23. The van der Waals surface area contributed by atoms with Crippen molar-refractivity contribution < 1.29 is 9.90 Å². The van der Waals surface area contributed by atoms with E-state index in [1.54, 1.807) is 11.8 Å². The van der Waals surface area contributed by atoms with Crippen LogP contribution in [0.25, 0.3) is 0 Å². The molecule has 0 saturated heterocycles. The van der Waals surface area contributed by atoms with E-state index in [1.807, 2.05) is 24.3 Å². The molecule has 0 amide bonds. The van der Waals surface area contributed by atoms with E-state index >= 15 is 0 Å². The number of thioether (sulfide) groups is 1. The van der Waals surface area contributed by atoms with Gasteiger partial charge in [-0.05, 0) is 24.1 Å². The third kappa shape index (κ3) is 4.24. The topological polar surface area (TPSA) is 63.3 Å². The minimum Gasteiger partial charge on any atom is -0.480 e. The molecule has 1 unspecified atom stereocenters. The number of hydrogen-bond acceptors (Lipinski definition) is 3. The second kappa shape index (κ2) is 5.92. The molecular formula is C12H17NO2S. The Bertz CT molecular complexity index is 349. The molecule has 1 rings (SSSR count). The molecule has 3 nitrogen and oxygen atoms in total. The summed E-state index contributed by atoms with van der Waals surface area (Å²) in [6, 6.07) is 7.08. The SMILES string of the molecule is CC(C)Sc1ccc(CC(N)C(=O)O)cc1. The number of aliphatic carboxylic acids is 1. The van der Waals surface area contributed by atoms with E-state index in [0.29, 0.717) is 11.7 Å². The smallest absolute Gasteiger partial charge is 0.320 e. The van der Waals surface area contributed by atoms with Crippen LogP contribution in [0.5, 0.6) is 0 Å². The van der Waals surface area contributed by atoms with Crippen LogP contribution in [0, 0.1) is 0 Å². The van der Waals surface area contributed by atoms with Crippen LogP contribution in [0.1, 0.15) is 19.4 Å². The highest BCUT2D eigenvalue weighted by Crippen LogP contribution is 2.23. The number of nitrogens with two attached hydrogens (primary N) is 1. The molecule has 0 spiro atoms. The molecule has 1 atom stereocenters. The summed E-state index contributed by atoms with van der Waals surface area (Å²) in [6.07, 6.45) is 0.377. The van der Waals surface area contributed by atoms with E-state index in [1.165, 1.54) is 4.90 Å². The van der Waals surface area contributed by atoms with E-state index in [-0.39, 0.29) is 0 Å². The fourth-order valence-corrected chi connectivity index (χ4v) is 2.16. The lowest BCUT2D eigenvalue weighted by molar-refractivity contribution is -0.138. The lowest BCUT2D eigenvalue weighted by atomic mass is 10.1. The molecule has 0 aliphatic heterocycles. The van der Waals surface area contributed by atoms with Gasteiger partial charge < -0.3 is 10.8 Å². The van der Waals surface area contributed by atoms with Gasteiger partial charge >= 0.3 is 5.97 Å². The van der Waals surface area contributed by atoms with Crippen molar-refractivity contribution in [1.29, 1.82) is 0 Å². The third-order valence-corrected chi connectivity index (χ3v) is 3.08. The highest BCUT2D eigenvalue weighted by molar-refractivity contribution is 7.99. The fraction of sp³-hybridized carbons (Fsp3) is 0.417. The van der Waals surface area contributed by atoms with E-state index in [0.717, 1.165) is 5.56 Å². The van der Waals surface area contributed by atoms with Crippen molar-refractivity contribution in [2.45, 2.75) is 36.5 Å². The highest BCUT2D eigenvalue weighted by Gasteiger charge is 2.11. The normalized spacial score (nSPS) is 12.8. The molecule has 0 bridgehead atoms. The van der Waals surface area contributed by atoms with E-state index in [4.69, 9.17) is 10.8 Å². The molecule has 1 aromatic carbocycles. The highest BCUT2D eigenvalue weighted by atomic mass is 32.2. The average Bonchev–Trinajstić information content (AvgIpc) is 2.20. The van der Waals surface area contributed by atoms with Gasteiger partial charge in [-0.2, -0.15) is 0 Å². The Hall–Kier alpha value is -1.00. The van der Waals surface area contributed by atoms with Crippen LogP contribution in [0.4, 0.5) is 0 Å². The predicted octanol–water partition coefficient (Wildman–Crippen LogP) is 2.14. The van der Waals surface area contributed by atoms with E-state index in [2.05, 4.69) is 13.8 Å². The number of carboxylic acid groups (broad SMARTS) is 1. The average molecular weight is 239 g/mol. The molecule has 0 aliphatic rings. The minimum absolute atomic E-state index is 0.377. The summed E-state index contributed by atoms with van der Waals surface area (Å²) in [6.45, 7) is 4.28. The van der Waals surface area contributed by atoms with Gasteiger partial charge in [-0.1, -0.05) is 26.0 Å². The number of benzene rings is 1. The molecule has 1 aromatic rings. The van der Waals surface area contributed by atoms with Gasteiger partial charge in [0.1, 0.15) is 6.04 Å². The Morgan fingerprint density at radius 2 is 1.94 bits per heavy atom. The second-order valence-corrected chi connectivity index (χ2v) is 5.61. The summed E-state index contributed by atoms with van der Waals surface area (Å²) < 4.78 is 0. The number of rotatable bonds is 5. The van der Waals surface area contributed by atoms with Crippen LogP contribution in [-0.4, -0.2) is 22.4 Å². The fourth-order valence-electron chi connectivity index (χ4n) is 1.32. The van der Waals surface area contributed by atoms with E-state index in [9.17, 15) is 4.79 Å². The largest absolute Gasteiger partial charge is 0.480 e. The minimum atomic E-state index is -0.958. The maximum absolute atomic E-state index is 10.6. The molecule has 3 N–H and O–H groups in total. The molecule has 16 heavy (non-hydrogen) atoms. The van der Waals surface area contributed by atoms with Crippen molar-refractivity contribution in [3.05, 3.63) is 29.8 Å². The second-order valence-electron chi connectivity index (χ2n) is 3.96. The van der Waals surface area contributed by atoms with Crippen LogP contribution in [0.2, 0.25) is 0 Å². The molecule has 0 heterocycles. The van der Waals surface area contributed by atoms with Crippen molar-refractivity contribution in [2.24, 2.45) is 5.73 Å². The van der Waals surface area contributed by atoms with Gasteiger partial charge in [0, 0.05) is 10.1 Å². The quantitative estimate of drug-likeness (QED) is 0.773. The molecule has 4 heteroatoms. The standard InChI is InChI=1S/C12H17NO2S/c1-8(2)16-10-5-3-9(4-6-10)7-11(13)12(14)15/h3-6,8,11H,7,13H2,1-2H3,(H,14,15). The van der Waals surface area contributed by atoms with Crippen molar-refractivity contribution in [1.82, 2.24) is 0 Å². The van der Waals surface area contributed by atoms with Gasteiger partial charge in [0.25, 0.3) is 0 Å². The van der Waals surface area contributed by atoms with Gasteiger partial charge in [0.05, 0.1) is 0 Å². The summed E-state index contributed by atoms with van der Waals surface area (Å²) in [4.78, 5) is 11.8. The zero-order chi connectivity index (χ0) is 12.1. The zero-order valence-corrected chi connectivity index (χ0v) is 10.3. The molecule has 0 aliphatic carbocycles. The summed E-state index contributed by atoms with van der Waals surface area (Å²) in [5, 5.41) is 9.24. The first kappa shape index (κ1) is 13.1. The number of hydrogen-bond donors (Lipinski definition) is 2. The van der Waals surface area contributed by atoms with Gasteiger partial charge in [0.2, 0.25) is 0 Å². The summed E-state index contributed by atoms with van der Waals surface area (Å²) in [5.41, 5.74) is 6.42. The van der Waals surface area contributed by atoms with Crippen LogP contribution in [-0.2, 0) is 11.2 Å². The first-order valence-corrected chi connectivity index (χ1v) is 6.11. The first-order chi connectivity index (χ1) is 7.49. The molecule has 88 valence electrons. The predicted molar refractivity (Wildman–Crippen MR) is 66.8 cm³/mol. The molecule has 0 fully saturated rings. The van der Waals surface area contributed by atoms with Gasteiger partial charge in [-0.25, -0.2) is 0 Å².